The summed E-state index contributed by atoms with van der Waals surface area (Å²) in [5.41, 5.74) is 2.09. The summed E-state index contributed by atoms with van der Waals surface area (Å²) >= 11 is 4.24. The number of benzene rings is 1. The number of hydrogen-bond donors (Lipinski definition) is 2. The summed E-state index contributed by atoms with van der Waals surface area (Å²) in [6.07, 6.45) is 1.87. The van der Waals surface area contributed by atoms with E-state index in [-0.39, 0.29) is 25.1 Å². The predicted octanol–water partition coefficient (Wildman–Crippen LogP) is 3.33. The zero-order valence-corrected chi connectivity index (χ0v) is 12.7. The molecule has 1 aromatic carbocycles. The van der Waals surface area contributed by atoms with E-state index in [0.29, 0.717) is 6.42 Å². The van der Waals surface area contributed by atoms with E-state index in [9.17, 15) is 9.90 Å². The van der Waals surface area contributed by atoms with Crippen LogP contribution < -0.4 is 0 Å². The molecule has 0 bridgehead atoms. The van der Waals surface area contributed by atoms with Gasteiger partial charge in [-0.25, -0.2) is 0 Å². The van der Waals surface area contributed by atoms with E-state index in [2.05, 4.69) is 19.2 Å². The lowest BCUT2D eigenvalue weighted by Gasteiger charge is -2.15. The van der Waals surface area contributed by atoms with E-state index in [0.717, 1.165) is 28.9 Å². The first kappa shape index (κ1) is 16.8. The first-order valence-electron chi connectivity index (χ1n) is 6.80. The number of rotatable bonds is 8. The second-order valence-corrected chi connectivity index (χ2v) is 5.29. The molecule has 4 heteroatoms. The highest BCUT2D eigenvalue weighted by atomic mass is 32.1. The Morgan fingerprint density at radius 3 is 2.60 bits per heavy atom. The van der Waals surface area contributed by atoms with Crippen molar-refractivity contribution in [3.63, 3.8) is 0 Å². The lowest BCUT2D eigenvalue weighted by Crippen LogP contribution is -2.17. The molecule has 0 spiro atoms. The number of ether oxygens (including phenoxy) is 1. The molecule has 0 amide bonds. The average molecular weight is 294 g/mol. The summed E-state index contributed by atoms with van der Waals surface area (Å²) < 4.78 is 5.06. The minimum atomic E-state index is -0.230. The first-order chi connectivity index (χ1) is 9.56. The number of thiol groups is 1. The number of carbonyl (C=O) groups is 1. The smallest absolute Gasteiger partial charge is 0.305 e. The number of allylic oxidation sites excluding steroid dienone is 1. The standard InChI is InChI=1S/C16H22O3S/c1-3-16(18)19-11-13(10-17)5-4-12(2)14-6-8-15(20)9-7-14/h6-9,13,17,20H,2-5,10-11H2,1H3/t13-/m0/s1. The molecule has 1 rings (SSSR count). The molecule has 0 fully saturated rings. The van der Waals surface area contributed by atoms with Crippen molar-refractivity contribution < 1.29 is 14.6 Å². The van der Waals surface area contributed by atoms with E-state index in [1.54, 1.807) is 6.92 Å². The Kier molecular flexibility index (Phi) is 7.41. The van der Waals surface area contributed by atoms with Crippen LogP contribution in [0, 0.1) is 5.92 Å². The minimum Gasteiger partial charge on any atom is -0.465 e. The topological polar surface area (TPSA) is 46.5 Å². The quantitative estimate of drug-likeness (QED) is 0.571. The molecule has 1 atom stereocenters. The highest BCUT2D eigenvalue weighted by Gasteiger charge is 2.11. The van der Waals surface area contributed by atoms with Crippen LogP contribution in [0.5, 0.6) is 0 Å². The van der Waals surface area contributed by atoms with Crippen LogP contribution in [0.25, 0.3) is 5.57 Å². The molecule has 20 heavy (non-hydrogen) atoms. The van der Waals surface area contributed by atoms with Crippen LogP contribution >= 0.6 is 12.6 Å². The Morgan fingerprint density at radius 2 is 2.05 bits per heavy atom. The average Bonchev–Trinajstić information content (AvgIpc) is 2.47. The lowest BCUT2D eigenvalue weighted by molar-refractivity contribution is -0.145. The fourth-order valence-electron chi connectivity index (χ4n) is 1.76. The Labute approximate surface area is 126 Å². The van der Waals surface area contributed by atoms with Crippen LogP contribution in [0.2, 0.25) is 0 Å². The monoisotopic (exact) mass is 294 g/mol. The van der Waals surface area contributed by atoms with Gasteiger partial charge < -0.3 is 9.84 Å². The highest BCUT2D eigenvalue weighted by molar-refractivity contribution is 7.80. The second kappa shape index (κ2) is 8.82. The Balaban J connectivity index is 2.41. The molecule has 3 nitrogen and oxygen atoms in total. The van der Waals surface area contributed by atoms with Crippen molar-refractivity contribution in [1.29, 1.82) is 0 Å². The summed E-state index contributed by atoms with van der Waals surface area (Å²) in [7, 11) is 0. The molecule has 0 aromatic heterocycles. The van der Waals surface area contributed by atoms with Gasteiger partial charge in [-0.15, -0.1) is 12.6 Å². The molecule has 0 heterocycles. The SMILES string of the molecule is C=C(CC[C@@H](CO)COC(=O)CC)c1ccc(S)cc1. The maximum atomic E-state index is 11.1. The van der Waals surface area contributed by atoms with Gasteiger partial charge in [0.25, 0.3) is 0 Å². The lowest BCUT2D eigenvalue weighted by atomic mass is 9.97. The highest BCUT2D eigenvalue weighted by Crippen LogP contribution is 2.22. The zero-order valence-electron chi connectivity index (χ0n) is 11.8. The van der Waals surface area contributed by atoms with Gasteiger partial charge in [0.15, 0.2) is 0 Å². The summed E-state index contributed by atoms with van der Waals surface area (Å²) in [5.74, 6) is -0.266. The molecule has 0 aliphatic rings. The number of aliphatic hydroxyl groups is 1. The van der Waals surface area contributed by atoms with Crippen molar-refractivity contribution in [2.45, 2.75) is 31.1 Å². The number of carbonyl (C=O) groups excluding carboxylic acids is 1. The van der Waals surface area contributed by atoms with Crippen molar-refractivity contribution in [3.05, 3.63) is 36.4 Å². The predicted molar refractivity (Wildman–Crippen MR) is 83.8 cm³/mol. The van der Waals surface area contributed by atoms with Crippen LogP contribution in [0.15, 0.2) is 35.7 Å². The maximum Gasteiger partial charge on any atom is 0.305 e. The third kappa shape index (κ3) is 5.80. The molecule has 0 aliphatic carbocycles. The number of hydrogen-bond acceptors (Lipinski definition) is 4. The van der Waals surface area contributed by atoms with Gasteiger partial charge in [0.2, 0.25) is 0 Å². The third-order valence-corrected chi connectivity index (χ3v) is 3.45. The molecule has 1 aromatic rings. The normalized spacial score (nSPS) is 11.9. The molecular formula is C16H22O3S. The van der Waals surface area contributed by atoms with Crippen LogP contribution in [-0.4, -0.2) is 24.3 Å². The summed E-state index contributed by atoms with van der Waals surface area (Å²) in [5, 5.41) is 9.30. The van der Waals surface area contributed by atoms with Crippen molar-refractivity contribution in [2.24, 2.45) is 5.92 Å². The van der Waals surface area contributed by atoms with E-state index in [1.807, 2.05) is 24.3 Å². The molecule has 0 unspecified atom stereocenters. The van der Waals surface area contributed by atoms with Crippen LogP contribution in [0.4, 0.5) is 0 Å². The Bertz CT molecular complexity index is 440. The van der Waals surface area contributed by atoms with E-state index in [4.69, 9.17) is 4.74 Å². The molecule has 0 saturated heterocycles. The van der Waals surface area contributed by atoms with Gasteiger partial charge in [0.1, 0.15) is 0 Å². The van der Waals surface area contributed by atoms with Gasteiger partial charge in [-0.1, -0.05) is 25.6 Å². The maximum absolute atomic E-state index is 11.1. The minimum absolute atomic E-state index is 0.0137. The van der Waals surface area contributed by atoms with Gasteiger partial charge in [-0.05, 0) is 36.1 Å². The van der Waals surface area contributed by atoms with Gasteiger partial charge in [-0.3, -0.25) is 4.79 Å². The fourth-order valence-corrected chi connectivity index (χ4v) is 1.91. The van der Waals surface area contributed by atoms with Gasteiger partial charge in [0.05, 0.1) is 6.61 Å². The Morgan fingerprint density at radius 1 is 1.40 bits per heavy atom. The molecular weight excluding hydrogens is 272 g/mol. The molecule has 0 aliphatic heterocycles. The van der Waals surface area contributed by atoms with Crippen molar-refractivity contribution in [2.75, 3.05) is 13.2 Å². The first-order valence-corrected chi connectivity index (χ1v) is 7.25. The van der Waals surface area contributed by atoms with Crippen LogP contribution in [0.1, 0.15) is 31.7 Å². The van der Waals surface area contributed by atoms with Crippen molar-refractivity contribution in [1.82, 2.24) is 0 Å². The second-order valence-electron chi connectivity index (χ2n) is 4.77. The van der Waals surface area contributed by atoms with Crippen molar-refractivity contribution >= 4 is 24.2 Å². The van der Waals surface area contributed by atoms with Crippen molar-refractivity contribution in [3.8, 4) is 0 Å². The molecule has 1 N–H and O–H groups in total. The van der Waals surface area contributed by atoms with E-state index >= 15 is 0 Å². The third-order valence-electron chi connectivity index (χ3n) is 3.16. The molecule has 0 radical (unpaired) electrons. The molecule has 0 saturated carbocycles. The van der Waals surface area contributed by atoms with Crippen LogP contribution in [0.3, 0.4) is 0 Å². The Hall–Kier alpha value is -1.26. The number of aliphatic hydroxyl groups excluding tert-OH is 1. The summed E-state index contributed by atoms with van der Waals surface area (Å²) in [6, 6.07) is 7.82. The summed E-state index contributed by atoms with van der Waals surface area (Å²) in [6.45, 7) is 6.09. The fraction of sp³-hybridized carbons (Fsp3) is 0.438. The largest absolute Gasteiger partial charge is 0.465 e. The number of esters is 1. The van der Waals surface area contributed by atoms with Gasteiger partial charge in [-0.2, -0.15) is 0 Å². The zero-order chi connectivity index (χ0) is 15.0. The van der Waals surface area contributed by atoms with Gasteiger partial charge >= 0.3 is 5.97 Å². The van der Waals surface area contributed by atoms with E-state index < -0.39 is 0 Å². The van der Waals surface area contributed by atoms with Gasteiger partial charge in [0, 0.05) is 23.8 Å². The molecule has 110 valence electrons. The van der Waals surface area contributed by atoms with Crippen LogP contribution in [-0.2, 0) is 9.53 Å². The summed E-state index contributed by atoms with van der Waals surface area (Å²) in [4.78, 5) is 12.0. The van der Waals surface area contributed by atoms with E-state index in [1.165, 1.54) is 0 Å².